The Kier molecular flexibility index (Phi) is 4.68. The van der Waals surface area contributed by atoms with E-state index in [9.17, 15) is 0 Å². The number of tetrazole rings is 1. The zero-order valence-electron chi connectivity index (χ0n) is 10.5. The highest BCUT2D eigenvalue weighted by Gasteiger charge is 2.09. The molecule has 0 unspecified atom stereocenters. The van der Waals surface area contributed by atoms with Crippen molar-refractivity contribution in [1.82, 2.24) is 25.1 Å². The monoisotopic (exact) mass is 285 g/mol. The maximum absolute atomic E-state index is 5.92. The van der Waals surface area contributed by atoms with E-state index < -0.39 is 0 Å². The van der Waals surface area contributed by atoms with Crippen LogP contribution in [0, 0.1) is 0 Å². The number of aryl methyl sites for hydroxylation is 1. The number of halogens is 1. The second-order valence-electron chi connectivity index (χ2n) is 4.20. The summed E-state index contributed by atoms with van der Waals surface area (Å²) in [5.41, 5.74) is 0. The van der Waals surface area contributed by atoms with E-state index in [2.05, 4.69) is 40.5 Å². The molecule has 0 amide bonds. The van der Waals surface area contributed by atoms with E-state index in [1.54, 1.807) is 11.3 Å². The molecular formula is C11H16ClN5S. The van der Waals surface area contributed by atoms with Gasteiger partial charge in [0.25, 0.3) is 0 Å². The van der Waals surface area contributed by atoms with Crippen molar-refractivity contribution in [2.75, 3.05) is 7.05 Å². The Hall–Kier alpha value is -0.980. The van der Waals surface area contributed by atoms with Crippen LogP contribution in [-0.2, 0) is 19.6 Å². The Morgan fingerprint density at radius 2 is 2.22 bits per heavy atom. The molecular weight excluding hydrogens is 270 g/mol. The largest absolute Gasteiger partial charge is 0.294 e. The van der Waals surface area contributed by atoms with E-state index in [0.29, 0.717) is 0 Å². The second kappa shape index (κ2) is 6.26. The molecule has 2 aromatic rings. The molecule has 0 fully saturated rings. The highest BCUT2D eigenvalue weighted by atomic mass is 35.5. The maximum Gasteiger partial charge on any atom is 0.165 e. The van der Waals surface area contributed by atoms with Gasteiger partial charge in [-0.2, -0.15) is 0 Å². The quantitative estimate of drug-likeness (QED) is 0.818. The number of thiophene rings is 1. The Morgan fingerprint density at radius 3 is 2.89 bits per heavy atom. The van der Waals surface area contributed by atoms with Crippen molar-refractivity contribution in [3.63, 3.8) is 0 Å². The molecule has 18 heavy (non-hydrogen) atoms. The molecule has 0 aliphatic heterocycles. The van der Waals surface area contributed by atoms with E-state index in [1.165, 1.54) is 4.88 Å². The van der Waals surface area contributed by atoms with Crippen LogP contribution in [0.15, 0.2) is 12.1 Å². The van der Waals surface area contributed by atoms with Crippen LogP contribution in [0.1, 0.15) is 24.0 Å². The molecule has 0 bridgehead atoms. The molecule has 5 nitrogen and oxygen atoms in total. The molecule has 0 N–H and O–H groups in total. The van der Waals surface area contributed by atoms with Crippen molar-refractivity contribution in [2.45, 2.75) is 33.0 Å². The molecule has 7 heteroatoms. The Bertz CT molecular complexity index is 495. The molecule has 0 spiro atoms. The van der Waals surface area contributed by atoms with Gasteiger partial charge in [-0.25, -0.2) is 4.68 Å². The molecule has 0 atom stereocenters. The van der Waals surface area contributed by atoms with E-state index in [4.69, 9.17) is 11.6 Å². The third-order valence-electron chi connectivity index (χ3n) is 2.51. The summed E-state index contributed by atoms with van der Waals surface area (Å²) in [5.74, 6) is 0.905. The van der Waals surface area contributed by atoms with Gasteiger partial charge < -0.3 is 0 Å². The number of aromatic nitrogens is 4. The van der Waals surface area contributed by atoms with Crippen molar-refractivity contribution >= 4 is 22.9 Å². The fourth-order valence-electron chi connectivity index (χ4n) is 1.72. The standard InChI is InChI=1S/C11H16ClN5S/c1-3-6-17-11(13-14-15-17)8-16(2)7-9-4-5-10(12)18-9/h4-5H,3,6-8H2,1-2H3. The first-order valence-corrected chi connectivity index (χ1v) is 7.06. The van der Waals surface area contributed by atoms with Crippen molar-refractivity contribution in [1.29, 1.82) is 0 Å². The Balaban J connectivity index is 1.94. The van der Waals surface area contributed by atoms with Crippen molar-refractivity contribution in [2.24, 2.45) is 0 Å². The summed E-state index contributed by atoms with van der Waals surface area (Å²) in [5, 5.41) is 11.8. The molecule has 2 rings (SSSR count). The van der Waals surface area contributed by atoms with Gasteiger partial charge in [0.1, 0.15) is 0 Å². The van der Waals surface area contributed by atoms with Crippen LogP contribution in [0.4, 0.5) is 0 Å². The average molecular weight is 286 g/mol. The molecule has 98 valence electrons. The molecule has 0 saturated heterocycles. The minimum absolute atomic E-state index is 0.739. The zero-order chi connectivity index (χ0) is 13.0. The minimum atomic E-state index is 0.739. The summed E-state index contributed by atoms with van der Waals surface area (Å²) in [6.45, 7) is 4.57. The van der Waals surface area contributed by atoms with E-state index >= 15 is 0 Å². The molecule has 0 aliphatic carbocycles. The van der Waals surface area contributed by atoms with E-state index in [0.717, 1.165) is 36.2 Å². The highest BCUT2D eigenvalue weighted by Crippen LogP contribution is 2.22. The van der Waals surface area contributed by atoms with Gasteiger partial charge >= 0.3 is 0 Å². The number of hydrogen-bond acceptors (Lipinski definition) is 5. The zero-order valence-corrected chi connectivity index (χ0v) is 12.1. The summed E-state index contributed by atoms with van der Waals surface area (Å²) in [6, 6.07) is 3.98. The predicted molar refractivity (Wildman–Crippen MR) is 72.6 cm³/mol. The van der Waals surface area contributed by atoms with Crippen molar-refractivity contribution in [3.8, 4) is 0 Å². The fourth-order valence-corrected chi connectivity index (χ4v) is 2.89. The lowest BCUT2D eigenvalue weighted by Crippen LogP contribution is -2.20. The van der Waals surface area contributed by atoms with Crippen LogP contribution in [0.2, 0.25) is 4.34 Å². The summed E-state index contributed by atoms with van der Waals surface area (Å²) in [6.07, 6.45) is 1.03. The van der Waals surface area contributed by atoms with Gasteiger partial charge in [-0.15, -0.1) is 16.4 Å². The van der Waals surface area contributed by atoms with Gasteiger partial charge in [0, 0.05) is 18.0 Å². The Labute approximate surface area is 115 Å². The first kappa shape index (κ1) is 13.5. The topological polar surface area (TPSA) is 46.8 Å². The van der Waals surface area contributed by atoms with Gasteiger partial charge in [-0.05, 0) is 36.0 Å². The summed E-state index contributed by atoms with van der Waals surface area (Å²) < 4.78 is 2.69. The van der Waals surface area contributed by atoms with Crippen molar-refractivity contribution in [3.05, 3.63) is 27.2 Å². The highest BCUT2D eigenvalue weighted by molar-refractivity contribution is 7.16. The van der Waals surface area contributed by atoms with Gasteiger partial charge in [0.05, 0.1) is 10.9 Å². The van der Waals surface area contributed by atoms with Gasteiger partial charge in [0.2, 0.25) is 0 Å². The molecule has 0 aromatic carbocycles. The molecule has 0 aliphatic rings. The fraction of sp³-hybridized carbons (Fsp3) is 0.545. The summed E-state index contributed by atoms with van der Waals surface area (Å²) in [4.78, 5) is 3.43. The minimum Gasteiger partial charge on any atom is -0.294 e. The number of nitrogens with zero attached hydrogens (tertiary/aromatic N) is 5. The normalized spacial score (nSPS) is 11.3. The predicted octanol–water partition coefficient (Wildman–Crippen LogP) is 2.43. The third-order valence-corrected chi connectivity index (χ3v) is 3.72. The lowest BCUT2D eigenvalue weighted by atomic mass is 10.4. The SMILES string of the molecule is CCCn1nnnc1CN(C)Cc1ccc(Cl)s1. The first-order valence-electron chi connectivity index (χ1n) is 5.87. The van der Waals surface area contributed by atoms with Crippen LogP contribution in [0.3, 0.4) is 0 Å². The van der Waals surface area contributed by atoms with E-state index in [1.807, 2.05) is 10.7 Å². The van der Waals surface area contributed by atoms with Crippen LogP contribution in [0.25, 0.3) is 0 Å². The van der Waals surface area contributed by atoms with Crippen LogP contribution in [0.5, 0.6) is 0 Å². The third kappa shape index (κ3) is 3.51. The number of rotatable bonds is 6. The lowest BCUT2D eigenvalue weighted by molar-refractivity contribution is 0.304. The molecule has 0 radical (unpaired) electrons. The second-order valence-corrected chi connectivity index (χ2v) is 6.00. The number of hydrogen-bond donors (Lipinski definition) is 0. The Morgan fingerprint density at radius 1 is 1.39 bits per heavy atom. The van der Waals surface area contributed by atoms with Crippen LogP contribution < -0.4 is 0 Å². The van der Waals surface area contributed by atoms with Crippen LogP contribution >= 0.6 is 22.9 Å². The van der Waals surface area contributed by atoms with E-state index in [-0.39, 0.29) is 0 Å². The average Bonchev–Trinajstić information content (AvgIpc) is 2.90. The molecule has 2 aromatic heterocycles. The first-order chi connectivity index (χ1) is 8.69. The smallest absolute Gasteiger partial charge is 0.165 e. The van der Waals surface area contributed by atoms with Gasteiger partial charge in [-0.1, -0.05) is 18.5 Å². The van der Waals surface area contributed by atoms with Gasteiger partial charge in [-0.3, -0.25) is 4.90 Å². The lowest BCUT2D eigenvalue weighted by Gasteiger charge is -2.14. The molecule has 0 saturated carbocycles. The van der Waals surface area contributed by atoms with Gasteiger partial charge in [0.15, 0.2) is 5.82 Å². The van der Waals surface area contributed by atoms with Crippen molar-refractivity contribution < 1.29 is 0 Å². The van der Waals surface area contributed by atoms with Crippen LogP contribution in [-0.4, -0.2) is 32.2 Å². The summed E-state index contributed by atoms with van der Waals surface area (Å²) >= 11 is 7.53. The maximum atomic E-state index is 5.92. The summed E-state index contributed by atoms with van der Waals surface area (Å²) in [7, 11) is 2.05. The molecule has 2 heterocycles.